The largest absolute Gasteiger partial charge is 0.394 e. The van der Waals surface area contributed by atoms with Crippen LogP contribution in [0.15, 0.2) is 49.6 Å². The SMILES string of the molecule is C=CCN(C)C(=O)[C@@H]1[C@H]2C(=O)N([C@@H](CC)CO)C(C(=O)N(CC=C)Cn3nnc4ccccc43)C23CC[C@@]1(C)S3. The van der Waals surface area contributed by atoms with Crippen LogP contribution in [0.25, 0.3) is 11.0 Å². The maximum absolute atomic E-state index is 14.7. The van der Waals surface area contributed by atoms with Crippen molar-refractivity contribution < 1.29 is 19.5 Å². The summed E-state index contributed by atoms with van der Waals surface area (Å²) in [6.45, 7) is 12.1. The molecule has 5 rings (SSSR count). The zero-order chi connectivity index (χ0) is 28.8. The molecule has 0 aliphatic carbocycles. The molecule has 1 spiro atoms. The Hall–Kier alpha value is -3.18. The predicted octanol–water partition coefficient (Wildman–Crippen LogP) is 2.30. The number of aromatic nitrogens is 3. The summed E-state index contributed by atoms with van der Waals surface area (Å²) in [6, 6.07) is 6.18. The molecule has 1 N–H and O–H groups in total. The first-order valence-electron chi connectivity index (χ1n) is 13.8. The minimum Gasteiger partial charge on any atom is -0.394 e. The van der Waals surface area contributed by atoms with Gasteiger partial charge in [0.2, 0.25) is 17.7 Å². The van der Waals surface area contributed by atoms with Crippen LogP contribution < -0.4 is 0 Å². The topological polar surface area (TPSA) is 112 Å². The minimum absolute atomic E-state index is 0.100. The molecule has 3 aliphatic rings. The highest BCUT2D eigenvalue weighted by molar-refractivity contribution is 8.02. The van der Waals surface area contributed by atoms with Crippen LogP contribution in [-0.2, 0) is 21.1 Å². The Labute approximate surface area is 239 Å². The van der Waals surface area contributed by atoms with Crippen molar-refractivity contribution in [3.8, 4) is 0 Å². The number of aliphatic hydroxyl groups is 1. The number of amides is 3. The van der Waals surface area contributed by atoms with E-state index in [9.17, 15) is 19.5 Å². The summed E-state index contributed by atoms with van der Waals surface area (Å²) >= 11 is 1.63. The zero-order valence-electron chi connectivity index (χ0n) is 23.4. The summed E-state index contributed by atoms with van der Waals surface area (Å²) in [4.78, 5) is 47.7. The Balaban J connectivity index is 1.57. The fourth-order valence-corrected chi connectivity index (χ4v) is 9.41. The smallest absolute Gasteiger partial charge is 0.248 e. The molecule has 3 aliphatic heterocycles. The summed E-state index contributed by atoms with van der Waals surface area (Å²) in [5, 5.41) is 18.8. The summed E-state index contributed by atoms with van der Waals surface area (Å²) < 4.78 is 0.432. The Kier molecular flexibility index (Phi) is 7.56. The van der Waals surface area contributed by atoms with Gasteiger partial charge >= 0.3 is 0 Å². The first kappa shape index (κ1) is 28.4. The van der Waals surface area contributed by atoms with Crippen LogP contribution in [0.2, 0.25) is 0 Å². The number of hydrogen-bond donors (Lipinski definition) is 1. The minimum atomic E-state index is -0.828. The second kappa shape index (κ2) is 10.7. The van der Waals surface area contributed by atoms with E-state index in [0.717, 1.165) is 17.5 Å². The van der Waals surface area contributed by atoms with Crippen LogP contribution in [0.4, 0.5) is 0 Å². The van der Waals surface area contributed by atoms with E-state index < -0.39 is 33.4 Å². The van der Waals surface area contributed by atoms with Gasteiger partial charge in [-0.2, -0.15) is 0 Å². The van der Waals surface area contributed by atoms with Crippen LogP contribution in [0.3, 0.4) is 0 Å². The van der Waals surface area contributed by atoms with E-state index in [-0.39, 0.29) is 37.5 Å². The first-order valence-corrected chi connectivity index (χ1v) is 14.7. The van der Waals surface area contributed by atoms with Crippen LogP contribution >= 0.6 is 11.8 Å². The average Bonchev–Trinajstić information content (AvgIpc) is 3.65. The van der Waals surface area contributed by atoms with Gasteiger partial charge in [0.1, 0.15) is 18.2 Å². The van der Waals surface area contributed by atoms with Gasteiger partial charge in [0.05, 0.1) is 34.7 Å². The third kappa shape index (κ3) is 4.16. The lowest BCUT2D eigenvalue weighted by Gasteiger charge is -2.39. The van der Waals surface area contributed by atoms with Crippen molar-refractivity contribution in [2.24, 2.45) is 11.8 Å². The molecule has 214 valence electrons. The standard InChI is InChI=1S/C29H38N6O4S/c1-6-15-32(5)25(37)22-23-26(38)35(19(8-3)17-36)24(29(23)14-13-28(22,4)40-29)27(39)33(16-7-2)18-34-21-12-10-9-11-20(21)30-31-34/h6-7,9-12,19,22-24,36H,1-2,8,13-18H2,3-5H3/t19-,22-,23-,24?,28+,29?/m0/s1. The van der Waals surface area contributed by atoms with Gasteiger partial charge in [-0.25, -0.2) is 4.68 Å². The van der Waals surface area contributed by atoms with Crippen molar-refractivity contribution >= 4 is 40.5 Å². The van der Waals surface area contributed by atoms with Crippen LogP contribution in [-0.4, -0.2) is 101 Å². The Morgan fingerprint density at radius 1 is 1.23 bits per heavy atom. The summed E-state index contributed by atoms with van der Waals surface area (Å²) in [7, 11) is 1.73. The van der Waals surface area contributed by atoms with Gasteiger partial charge in [-0.15, -0.1) is 30.0 Å². The highest BCUT2D eigenvalue weighted by Gasteiger charge is 2.77. The number of aliphatic hydroxyl groups excluding tert-OH is 1. The van der Waals surface area contributed by atoms with Gasteiger partial charge in [-0.05, 0) is 38.3 Å². The summed E-state index contributed by atoms with van der Waals surface area (Å²) in [6.07, 6.45) is 5.19. The zero-order valence-corrected chi connectivity index (χ0v) is 24.2. The lowest BCUT2D eigenvalue weighted by Crippen LogP contribution is -2.57. The molecule has 40 heavy (non-hydrogen) atoms. The second-order valence-corrected chi connectivity index (χ2v) is 13.2. The molecule has 4 heterocycles. The molecular formula is C29H38N6O4S. The fraction of sp³-hybridized carbons (Fsp3) is 0.552. The molecule has 11 heteroatoms. The molecule has 1 aromatic carbocycles. The van der Waals surface area contributed by atoms with Gasteiger partial charge in [-0.3, -0.25) is 14.4 Å². The van der Waals surface area contributed by atoms with E-state index in [1.165, 1.54) is 0 Å². The van der Waals surface area contributed by atoms with Gasteiger partial charge in [-0.1, -0.05) is 36.4 Å². The number of rotatable bonds is 11. The maximum Gasteiger partial charge on any atom is 0.248 e. The van der Waals surface area contributed by atoms with E-state index in [0.29, 0.717) is 19.4 Å². The summed E-state index contributed by atoms with van der Waals surface area (Å²) in [5.74, 6) is -1.76. The van der Waals surface area contributed by atoms with Crippen molar-refractivity contribution in [2.75, 3.05) is 26.7 Å². The molecule has 2 unspecified atom stereocenters. The van der Waals surface area contributed by atoms with Crippen LogP contribution in [0.1, 0.15) is 33.1 Å². The van der Waals surface area contributed by atoms with E-state index in [1.54, 1.807) is 50.3 Å². The highest BCUT2D eigenvalue weighted by Crippen LogP contribution is 2.71. The molecule has 2 bridgehead atoms. The Morgan fingerprint density at radius 2 is 1.95 bits per heavy atom. The number of thioether (sulfide) groups is 1. The third-order valence-corrected chi connectivity index (χ3v) is 10.9. The second-order valence-electron chi connectivity index (χ2n) is 11.3. The van der Waals surface area contributed by atoms with Gasteiger partial charge < -0.3 is 19.8 Å². The highest BCUT2D eigenvalue weighted by atomic mass is 32.2. The molecular weight excluding hydrogens is 528 g/mol. The van der Waals surface area contributed by atoms with E-state index >= 15 is 0 Å². The van der Waals surface area contributed by atoms with Crippen molar-refractivity contribution in [1.82, 2.24) is 29.7 Å². The van der Waals surface area contributed by atoms with Crippen LogP contribution in [0.5, 0.6) is 0 Å². The average molecular weight is 567 g/mol. The molecule has 10 nitrogen and oxygen atoms in total. The molecule has 6 atom stereocenters. The number of benzene rings is 1. The lowest BCUT2D eigenvalue weighted by atomic mass is 9.66. The van der Waals surface area contributed by atoms with E-state index in [4.69, 9.17) is 0 Å². The van der Waals surface area contributed by atoms with Crippen LogP contribution in [0, 0.1) is 11.8 Å². The molecule has 2 aromatic rings. The molecule has 3 fully saturated rings. The fourth-order valence-electron chi connectivity index (χ4n) is 7.08. The number of fused-ring (bicyclic) bond motifs is 2. The number of carbonyl (C=O) groups excluding carboxylic acids is 3. The summed E-state index contributed by atoms with van der Waals surface area (Å²) in [5.41, 5.74) is 1.51. The van der Waals surface area contributed by atoms with Gasteiger partial charge in [0, 0.05) is 24.9 Å². The quantitative estimate of drug-likeness (QED) is 0.416. The normalized spacial score (nSPS) is 29.4. The number of para-hydroxylation sites is 1. The molecule has 3 amide bonds. The Bertz CT molecular complexity index is 1340. The van der Waals surface area contributed by atoms with Crippen molar-refractivity contribution in [3.05, 3.63) is 49.6 Å². The number of hydrogen-bond acceptors (Lipinski definition) is 7. The van der Waals surface area contributed by atoms with Crippen molar-refractivity contribution in [3.63, 3.8) is 0 Å². The maximum atomic E-state index is 14.7. The molecule has 1 aromatic heterocycles. The van der Waals surface area contributed by atoms with Gasteiger partial charge in [0.25, 0.3) is 0 Å². The molecule has 3 saturated heterocycles. The monoisotopic (exact) mass is 566 g/mol. The molecule has 0 radical (unpaired) electrons. The van der Waals surface area contributed by atoms with Gasteiger partial charge in [0.15, 0.2) is 0 Å². The third-order valence-electron chi connectivity index (χ3n) is 8.96. The predicted molar refractivity (Wildman–Crippen MR) is 154 cm³/mol. The number of carbonyl (C=O) groups is 3. The molecule has 0 saturated carbocycles. The van der Waals surface area contributed by atoms with E-state index in [2.05, 4.69) is 30.4 Å². The lowest BCUT2D eigenvalue weighted by molar-refractivity contribution is -0.148. The van der Waals surface area contributed by atoms with Crippen molar-refractivity contribution in [2.45, 2.75) is 61.4 Å². The van der Waals surface area contributed by atoms with Crippen molar-refractivity contribution in [1.29, 1.82) is 0 Å². The first-order chi connectivity index (χ1) is 19.2. The Morgan fingerprint density at radius 3 is 2.62 bits per heavy atom. The number of likely N-dealkylation sites (tertiary alicyclic amines) is 1. The van der Waals surface area contributed by atoms with E-state index in [1.807, 2.05) is 31.2 Å². The number of nitrogens with zero attached hydrogens (tertiary/aromatic N) is 6. The number of likely N-dealkylation sites (N-methyl/N-ethyl adjacent to an activating group) is 1.